The van der Waals surface area contributed by atoms with E-state index in [0.717, 1.165) is 18.7 Å². The number of benzene rings is 2. The molecule has 0 aliphatic heterocycles. The molecular formula is C20H28N2O. The third-order valence-corrected chi connectivity index (χ3v) is 3.35. The molecule has 2 aromatic carbocycles. The maximum absolute atomic E-state index is 11.8. The molecule has 2 aromatic rings. The average Bonchev–Trinajstić information content (AvgIpc) is 2.62. The van der Waals surface area contributed by atoms with Gasteiger partial charge in [0.05, 0.1) is 0 Å². The zero-order valence-corrected chi connectivity index (χ0v) is 14.5. The number of rotatable bonds is 7. The predicted octanol–water partition coefficient (Wildman–Crippen LogP) is 3.85. The fourth-order valence-corrected chi connectivity index (χ4v) is 2.15. The molecule has 0 aromatic heterocycles. The lowest BCUT2D eigenvalue weighted by atomic mass is 10.2. The summed E-state index contributed by atoms with van der Waals surface area (Å²) in [6, 6.07) is 20.3. The molecule has 23 heavy (non-hydrogen) atoms. The minimum Gasteiger partial charge on any atom is -0.352 e. The maximum atomic E-state index is 11.8. The van der Waals surface area contributed by atoms with Crippen molar-refractivity contribution in [2.24, 2.45) is 0 Å². The van der Waals surface area contributed by atoms with Crippen molar-refractivity contribution in [3.8, 4) is 0 Å². The molecule has 1 N–H and O–H groups in total. The zero-order chi connectivity index (χ0) is 16.9. The van der Waals surface area contributed by atoms with Crippen molar-refractivity contribution in [3.05, 3.63) is 71.8 Å². The molecule has 0 atom stereocenters. The summed E-state index contributed by atoms with van der Waals surface area (Å²) >= 11 is 0. The highest BCUT2D eigenvalue weighted by atomic mass is 16.1. The van der Waals surface area contributed by atoms with Crippen LogP contribution in [-0.4, -0.2) is 24.4 Å². The molecule has 3 heteroatoms. The summed E-state index contributed by atoms with van der Waals surface area (Å²) in [7, 11) is 2.04. The van der Waals surface area contributed by atoms with Crippen LogP contribution in [0.25, 0.3) is 0 Å². The van der Waals surface area contributed by atoms with Gasteiger partial charge in [-0.15, -0.1) is 0 Å². The molecule has 0 unspecified atom stereocenters. The second-order valence-electron chi connectivity index (χ2n) is 5.24. The highest BCUT2D eigenvalue weighted by Crippen LogP contribution is 2.03. The van der Waals surface area contributed by atoms with Crippen LogP contribution >= 0.6 is 0 Å². The smallest absolute Gasteiger partial charge is 0.221 e. The molecule has 2 rings (SSSR count). The van der Waals surface area contributed by atoms with Crippen molar-refractivity contribution in [1.82, 2.24) is 10.2 Å². The van der Waals surface area contributed by atoms with Crippen LogP contribution in [0.3, 0.4) is 0 Å². The molecule has 0 radical (unpaired) electrons. The van der Waals surface area contributed by atoms with Gasteiger partial charge in [0.1, 0.15) is 0 Å². The van der Waals surface area contributed by atoms with Crippen molar-refractivity contribution < 1.29 is 4.79 Å². The lowest BCUT2D eigenvalue weighted by Crippen LogP contribution is -2.28. The van der Waals surface area contributed by atoms with Crippen LogP contribution in [0.1, 0.15) is 31.4 Å². The summed E-state index contributed by atoms with van der Waals surface area (Å²) in [6.07, 6.45) is 0.524. The van der Waals surface area contributed by atoms with Crippen LogP contribution < -0.4 is 5.32 Å². The second kappa shape index (κ2) is 11.4. The number of carbonyl (C=O) groups excluding carboxylic acids is 1. The standard InChI is InChI=1S/C18H22N2O.C2H6/c1-20(15-17-10-6-3-7-11-17)13-12-18(21)19-14-16-8-4-2-5-9-16;1-2/h2-11H,12-15H2,1H3,(H,19,21);1-2H3. The van der Waals surface area contributed by atoms with E-state index in [1.54, 1.807) is 0 Å². The molecule has 0 bridgehead atoms. The summed E-state index contributed by atoms with van der Waals surface area (Å²) < 4.78 is 0. The Morgan fingerprint density at radius 2 is 1.43 bits per heavy atom. The van der Waals surface area contributed by atoms with E-state index in [2.05, 4.69) is 22.3 Å². The number of amides is 1. The van der Waals surface area contributed by atoms with Gasteiger partial charge in [0.25, 0.3) is 0 Å². The van der Waals surface area contributed by atoms with E-state index >= 15 is 0 Å². The van der Waals surface area contributed by atoms with Crippen molar-refractivity contribution in [2.45, 2.75) is 33.4 Å². The van der Waals surface area contributed by atoms with Gasteiger partial charge in [0, 0.05) is 26.1 Å². The van der Waals surface area contributed by atoms with Crippen molar-refractivity contribution in [3.63, 3.8) is 0 Å². The molecule has 0 spiro atoms. The van der Waals surface area contributed by atoms with E-state index in [1.807, 2.05) is 69.4 Å². The number of carbonyl (C=O) groups is 1. The Morgan fingerprint density at radius 1 is 0.913 bits per heavy atom. The Balaban J connectivity index is 0.00000127. The highest BCUT2D eigenvalue weighted by molar-refractivity contribution is 5.76. The normalized spacial score (nSPS) is 9.91. The van der Waals surface area contributed by atoms with Gasteiger partial charge in [0.15, 0.2) is 0 Å². The molecule has 0 heterocycles. The van der Waals surface area contributed by atoms with E-state index < -0.39 is 0 Å². The summed E-state index contributed by atoms with van der Waals surface area (Å²) in [5.74, 6) is 0.0961. The van der Waals surface area contributed by atoms with Crippen LogP contribution in [0.4, 0.5) is 0 Å². The SMILES string of the molecule is CC.CN(CCC(=O)NCc1ccccc1)Cc1ccccc1. The summed E-state index contributed by atoms with van der Waals surface area (Å²) in [4.78, 5) is 14.0. The molecule has 0 saturated heterocycles. The lowest BCUT2D eigenvalue weighted by molar-refractivity contribution is -0.121. The summed E-state index contributed by atoms with van der Waals surface area (Å²) in [5.41, 5.74) is 2.40. The van der Waals surface area contributed by atoms with Gasteiger partial charge < -0.3 is 10.2 Å². The van der Waals surface area contributed by atoms with Gasteiger partial charge in [-0.25, -0.2) is 0 Å². The van der Waals surface area contributed by atoms with Gasteiger partial charge in [-0.2, -0.15) is 0 Å². The highest BCUT2D eigenvalue weighted by Gasteiger charge is 2.05. The first kappa shape index (κ1) is 18.9. The monoisotopic (exact) mass is 312 g/mol. The van der Waals surface area contributed by atoms with Crippen LogP contribution in [0.2, 0.25) is 0 Å². The predicted molar refractivity (Wildman–Crippen MR) is 97.0 cm³/mol. The molecular weight excluding hydrogens is 284 g/mol. The van der Waals surface area contributed by atoms with Gasteiger partial charge in [-0.05, 0) is 18.2 Å². The lowest BCUT2D eigenvalue weighted by Gasteiger charge is -2.16. The van der Waals surface area contributed by atoms with Crippen molar-refractivity contribution >= 4 is 5.91 Å². The minimum atomic E-state index is 0.0961. The van der Waals surface area contributed by atoms with Gasteiger partial charge in [-0.3, -0.25) is 4.79 Å². The third kappa shape index (κ3) is 8.17. The van der Waals surface area contributed by atoms with Gasteiger partial charge >= 0.3 is 0 Å². The number of hydrogen-bond acceptors (Lipinski definition) is 2. The number of nitrogens with one attached hydrogen (secondary N) is 1. The first-order valence-corrected chi connectivity index (χ1v) is 8.27. The van der Waals surface area contributed by atoms with E-state index in [1.165, 1.54) is 5.56 Å². The quantitative estimate of drug-likeness (QED) is 0.842. The van der Waals surface area contributed by atoms with E-state index in [4.69, 9.17) is 0 Å². The Hall–Kier alpha value is -2.13. The number of nitrogens with zero attached hydrogens (tertiary/aromatic N) is 1. The molecule has 0 aliphatic rings. The fourth-order valence-electron chi connectivity index (χ4n) is 2.15. The topological polar surface area (TPSA) is 32.3 Å². The zero-order valence-electron chi connectivity index (χ0n) is 14.5. The number of hydrogen-bond donors (Lipinski definition) is 1. The Kier molecular flexibility index (Phi) is 9.41. The molecule has 1 amide bonds. The van der Waals surface area contributed by atoms with Gasteiger partial charge in [-0.1, -0.05) is 74.5 Å². The van der Waals surface area contributed by atoms with E-state index in [0.29, 0.717) is 13.0 Å². The Bertz CT molecular complexity index is 540. The Labute approximate surface area is 140 Å². The average molecular weight is 312 g/mol. The largest absolute Gasteiger partial charge is 0.352 e. The second-order valence-corrected chi connectivity index (χ2v) is 5.24. The Morgan fingerprint density at radius 3 is 2.00 bits per heavy atom. The molecule has 0 aliphatic carbocycles. The molecule has 124 valence electrons. The first-order chi connectivity index (χ1) is 11.2. The van der Waals surface area contributed by atoms with E-state index in [9.17, 15) is 4.79 Å². The van der Waals surface area contributed by atoms with Crippen LogP contribution in [0.5, 0.6) is 0 Å². The summed E-state index contributed by atoms with van der Waals surface area (Å²) in [5, 5.41) is 2.95. The molecule has 3 nitrogen and oxygen atoms in total. The minimum absolute atomic E-state index is 0.0961. The van der Waals surface area contributed by atoms with Crippen LogP contribution in [-0.2, 0) is 17.9 Å². The molecule has 0 fully saturated rings. The van der Waals surface area contributed by atoms with Crippen LogP contribution in [0, 0.1) is 0 Å². The first-order valence-electron chi connectivity index (χ1n) is 8.27. The van der Waals surface area contributed by atoms with Crippen LogP contribution in [0.15, 0.2) is 60.7 Å². The molecule has 0 saturated carbocycles. The third-order valence-electron chi connectivity index (χ3n) is 3.35. The fraction of sp³-hybridized carbons (Fsp3) is 0.350. The maximum Gasteiger partial charge on any atom is 0.221 e. The van der Waals surface area contributed by atoms with E-state index in [-0.39, 0.29) is 5.91 Å². The summed E-state index contributed by atoms with van der Waals surface area (Å²) in [6.45, 7) is 6.23. The van der Waals surface area contributed by atoms with Crippen molar-refractivity contribution in [2.75, 3.05) is 13.6 Å². The van der Waals surface area contributed by atoms with Crippen molar-refractivity contribution in [1.29, 1.82) is 0 Å². The van der Waals surface area contributed by atoms with Gasteiger partial charge in [0.2, 0.25) is 5.91 Å².